The first-order chi connectivity index (χ1) is 9.19. The molecule has 19 heavy (non-hydrogen) atoms. The summed E-state index contributed by atoms with van der Waals surface area (Å²) in [7, 11) is 0. The van der Waals surface area contributed by atoms with Gasteiger partial charge in [0.2, 0.25) is 0 Å². The summed E-state index contributed by atoms with van der Waals surface area (Å²) in [4.78, 5) is 0. The molecule has 0 aromatic heterocycles. The van der Waals surface area contributed by atoms with Gasteiger partial charge in [0.15, 0.2) is 0 Å². The molecule has 0 amide bonds. The second-order valence-corrected chi connectivity index (χ2v) is 5.93. The van der Waals surface area contributed by atoms with Crippen LogP contribution in [0.1, 0.15) is 50.2 Å². The lowest BCUT2D eigenvalue weighted by Crippen LogP contribution is -2.27. The first kappa shape index (κ1) is 12.6. The van der Waals surface area contributed by atoms with E-state index in [-0.39, 0.29) is 0 Å². The van der Waals surface area contributed by atoms with Crippen molar-refractivity contribution in [3.8, 4) is 11.5 Å². The van der Waals surface area contributed by atoms with Gasteiger partial charge in [-0.1, -0.05) is 25.0 Å². The molecule has 0 bridgehead atoms. The maximum atomic E-state index is 10.4. The number of aryl methyl sites for hydroxylation is 1. The lowest BCUT2D eigenvalue weighted by molar-refractivity contribution is 0.191. The van der Waals surface area contributed by atoms with E-state index in [1.54, 1.807) is 0 Å². The molecule has 0 spiro atoms. The van der Waals surface area contributed by atoms with Crippen LogP contribution in [0.5, 0.6) is 11.5 Å². The van der Waals surface area contributed by atoms with Gasteiger partial charge in [-0.2, -0.15) is 0 Å². The van der Waals surface area contributed by atoms with Crippen LogP contribution in [-0.4, -0.2) is 11.7 Å². The number of fused-ring (bicyclic) bond motifs is 3. The Labute approximate surface area is 115 Å². The Morgan fingerprint density at radius 2 is 2.21 bits per heavy atom. The van der Waals surface area contributed by atoms with Crippen LogP contribution in [0.15, 0.2) is 23.8 Å². The first-order valence-electron chi connectivity index (χ1n) is 7.35. The number of hydrogen-bond donors (Lipinski definition) is 1. The van der Waals surface area contributed by atoms with Crippen molar-refractivity contribution in [2.45, 2.75) is 45.4 Å². The Morgan fingerprint density at radius 3 is 3.00 bits per heavy atom. The Bertz CT molecular complexity index is 516. The topological polar surface area (TPSA) is 29.5 Å². The van der Waals surface area contributed by atoms with E-state index in [4.69, 9.17) is 4.74 Å². The number of hydrogen-bond acceptors (Lipinski definition) is 2. The molecule has 102 valence electrons. The Morgan fingerprint density at radius 1 is 1.37 bits per heavy atom. The van der Waals surface area contributed by atoms with E-state index < -0.39 is 0 Å². The van der Waals surface area contributed by atoms with E-state index in [2.05, 4.69) is 26.0 Å². The van der Waals surface area contributed by atoms with E-state index in [0.717, 1.165) is 37.2 Å². The minimum Gasteiger partial charge on any atom is -0.507 e. The Kier molecular flexibility index (Phi) is 3.26. The molecule has 1 heterocycles. The molecule has 2 heteroatoms. The lowest BCUT2D eigenvalue weighted by atomic mass is 9.75. The fourth-order valence-corrected chi connectivity index (χ4v) is 3.38. The van der Waals surface area contributed by atoms with Crippen LogP contribution < -0.4 is 4.74 Å². The van der Waals surface area contributed by atoms with E-state index in [1.807, 2.05) is 6.07 Å². The third kappa shape index (κ3) is 2.24. The minimum atomic E-state index is 0.341. The summed E-state index contributed by atoms with van der Waals surface area (Å²) in [5.74, 6) is 2.18. The van der Waals surface area contributed by atoms with Crippen molar-refractivity contribution < 1.29 is 9.84 Å². The van der Waals surface area contributed by atoms with Gasteiger partial charge in [0.25, 0.3) is 0 Å². The van der Waals surface area contributed by atoms with Crippen molar-refractivity contribution in [2.75, 3.05) is 6.61 Å². The molecule has 0 saturated carbocycles. The second kappa shape index (κ2) is 4.92. The van der Waals surface area contributed by atoms with Crippen molar-refractivity contribution in [1.82, 2.24) is 0 Å². The van der Waals surface area contributed by atoms with Crippen molar-refractivity contribution in [3.05, 3.63) is 34.9 Å². The van der Waals surface area contributed by atoms with Gasteiger partial charge in [0.1, 0.15) is 11.5 Å². The first-order valence-corrected chi connectivity index (χ1v) is 7.35. The molecule has 0 saturated heterocycles. The van der Waals surface area contributed by atoms with E-state index in [0.29, 0.717) is 17.6 Å². The monoisotopic (exact) mass is 258 g/mol. The van der Waals surface area contributed by atoms with Crippen molar-refractivity contribution in [2.24, 2.45) is 5.92 Å². The quantitative estimate of drug-likeness (QED) is 0.806. The molecule has 3 rings (SSSR count). The molecule has 2 aliphatic rings. The van der Waals surface area contributed by atoms with Gasteiger partial charge < -0.3 is 9.84 Å². The molecule has 0 fully saturated rings. The summed E-state index contributed by atoms with van der Waals surface area (Å²) >= 11 is 0. The molecular weight excluding hydrogens is 236 g/mol. The predicted molar refractivity (Wildman–Crippen MR) is 76.8 cm³/mol. The number of ether oxygens (including phenoxy) is 1. The van der Waals surface area contributed by atoms with Crippen LogP contribution >= 0.6 is 0 Å². The number of phenols is 1. The van der Waals surface area contributed by atoms with Gasteiger partial charge in [-0.15, -0.1) is 0 Å². The summed E-state index contributed by atoms with van der Waals surface area (Å²) in [6.07, 6.45) is 6.74. The van der Waals surface area contributed by atoms with Crippen LogP contribution in [0, 0.1) is 5.92 Å². The summed E-state index contributed by atoms with van der Waals surface area (Å²) in [6, 6.07) is 4.04. The van der Waals surface area contributed by atoms with Crippen LogP contribution in [0.3, 0.4) is 0 Å². The van der Waals surface area contributed by atoms with E-state index in [1.165, 1.54) is 17.6 Å². The molecule has 1 aromatic carbocycles. The molecule has 1 aliphatic heterocycles. The van der Waals surface area contributed by atoms with E-state index in [9.17, 15) is 5.11 Å². The molecule has 1 aliphatic carbocycles. The van der Waals surface area contributed by atoms with Crippen LogP contribution in [0.25, 0.3) is 0 Å². The Hall–Kier alpha value is -1.44. The van der Waals surface area contributed by atoms with Gasteiger partial charge in [-0.25, -0.2) is 0 Å². The average Bonchev–Trinajstić information content (AvgIpc) is 2.38. The predicted octanol–water partition coefficient (Wildman–Crippen LogP) is 4.18. The minimum absolute atomic E-state index is 0.341. The maximum absolute atomic E-state index is 10.4. The highest BCUT2D eigenvalue weighted by atomic mass is 16.5. The summed E-state index contributed by atoms with van der Waals surface area (Å²) in [5.41, 5.74) is 3.62. The van der Waals surface area contributed by atoms with Crippen molar-refractivity contribution in [1.29, 1.82) is 0 Å². The molecular formula is C17H22O2. The highest BCUT2D eigenvalue weighted by Gasteiger charge is 2.34. The SMILES string of the molecule is CCCc1cc(O)c2c(c1)OC[C@@H]1CCC(C)=C[C@@H]21. The lowest BCUT2D eigenvalue weighted by Gasteiger charge is -2.36. The number of aromatic hydroxyl groups is 1. The van der Waals surface area contributed by atoms with Crippen LogP contribution in [0.2, 0.25) is 0 Å². The largest absolute Gasteiger partial charge is 0.507 e. The van der Waals surface area contributed by atoms with Gasteiger partial charge in [-0.05, 0) is 43.9 Å². The zero-order chi connectivity index (χ0) is 13.4. The van der Waals surface area contributed by atoms with Gasteiger partial charge in [-0.3, -0.25) is 0 Å². The number of rotatable bonds is 2. The van der Waals surface area contributed by atoms with Crippen LogP contribution in [0.4, 0.5) is 0 Å². The molecule has 0 radical (unpaired) electrons. The van der Waals surface area contributed by atoms with E-state index >= 15 is 0 Å². The highest BCUT2D eigenvalue weighted by molar-refractivity contribution is 5.53. The fourth-order valence-electron chi connectivity index (χ4n) is 3.38. The molecule has 2 nitrogen and oxygen atoms in total. The molecule has 1 aromatic rings. The average molecular weight is 258 g/mol. The molecule has 1 N–H and O–H groups in total. The van der Waals surface area contributed by atoms with Crippen LogP contribution in [-0.2, 0) is 6.42 Å². The summed E-state index contributed by atoms with van der Waals surface area (Å²) in [5, 5.41) is 10.4. The van der Waals surface area contributed by atoms with Crippen molar-refractivity contribution in [3.63, 3.8) is 0 Å². The summed E-state index contributed by atoms with van der Waals surface area (Å²) < 4.78 is 5.91. The molecule has 2 atom stereocenters. The normalized spacial score (nSPS) is 25.1. The maximum Gasteiger partial charge on any atom is 0.127 e. The standard InChI is InChI=1S/C17H22O2/c1-3-4-12-8-15(18)17-14-7-11(2)5-6-13(14)10-19-16(17)9-12/h7-9,13-14,18H,3-6,10H2,1-2H3/t13-,14+/m0/s1. The van der Waals surface area contributed by atoms with Gasteiger partial charge in [0, 0.05) is 17.4 Å². The zero-order valence-electron chi connectivity index (χ0n) is 11.8. The fraction of sp³-hybridized carbons (Fsp3) is 0.529. The zero-order valence-corrected chi connectivity index (χ0v) is 11.8. The molecule has 0 unspecified atom stereocenters. The smallest absolute Gasteiger partial charge is 0.127 e. The number of benzene rings is 1. The van der Waals surface area contributed by atoms with Gasteiger partial charge >= 0.3 is 0 Å². The third-order valence-corrected chi connectivity index (χ3v) is 4.39. The number of allylic oxidation sites excluding steroid dienone is 2. The second-order valence-electron chi connectivity index (χ2n) is 5.93. The Balaban J connectivity index is 2.04. The number of phenolic OH excluding ortho intramolecular Hbond substituents is 1. The highest BCUT2D eigenvalue weighted by Crippen LogP contribution is 2.47. The third-order valence-electron chi connectivity index (χ3n) is 4.39. The van der Waals surface area contributed by atoms with Gasteiger partial charge in [0.05, 0.1) is 6.61 Å². The summed E-state index contributed by atoms with van der Waals surface area (Å²) in [6.45, 7) is 5.13. The van der Waals surface area contributed by atoms with Crippen molar-refractivity contribution >= 4 is 0 Å².